The molecule has 1 aromatic heterocycles. The highest BCUT2D eigenvalue weighted by atomic mass is 19.3. The first-order valence-corrected chi connectivity index (χ1v) is 5.82. The van der Waals surface area contributed by atoms with Gasteiger partial charge >= 0.3 is 5.97 Å². The number of hydrogen-bond donors (Lipinski definition) is 1. The monoisotopic (exact) mass is 259 g/mol. The summed E-state index contributed by atoms with van der Waals surface area (Å²) in [5.41, 5.74) is 0. The summed E-state index contributed by atoms with van der Waals surface area (Å²) < 4.78 is 27.1. The second kappa shape index (κ2) is 4.29. The Morgan fingerprint density at radius 1 is 1.56 bits per heavy atom. The number of alkyl halides is 2. The van der Waals surface area contributed by atoms with E-state index in [0.29, 0.717) is 5.82 Å². The van der Waals surface area contributed by atoms with Crippen molar-refractivity contribution in [3.05, 3.63) is 12.2 Å². The van der Waals surface area contributed by atoms with E-state index in [1.54, 1.807) is 13.8 Å². The molecule has 1 heterocycles. The summed E-state index contributed by atoms with van der Waals surface area (Å²) in [5.74, 6) is -3.88. The minimum atomic E-state index is -2.65. The van der Waals surface area contributed by atoms with Crippen LogP contribution in [0.15, 0.2) is 6.33 Å². The van der Waals surface area contributed by atoms with Crippen LogP contribution in [0.3, 0.4) is 0 Å². The maximum absolute atomic E-state index is 12.9. The van der Waals surface area contributed by atoms with Gasteiger partial charge in [0.2, 0.25) is 5.92 Å². The molecule has 5 nitrogen and oxygen atoms in total. The SMILES string of the molecule is CC(C)C(C(=O)O)n1cnnc1C1CC(F)(F)C1. The maximum atomic E-state index is 12.9. The largest absolute Gasteiger partial charge is 0.480 e. The zero-order valence-electron chi connectivity index (χ0n) is 10.2. The highest BCUT2D eigenvalue weighted by molar-refractivity contribution is 5.72. The molecule has 18 heavy (non-hydrogen) atoms. The zero-order valence-corrected chi connectivity index (χ0v) is 10.2. The van der Waals surface area contributed by atoms with Gasteiger partial charge < -0.3 is 9.67 Å². The molecule has 0 bridgehead atoms. The van der Waals surface area contributed by atoms with E-state index in [2.05, 4.69) is 10.2 Å². The van der Waals surface area contributed by atoms with Gasteiger partial charge in [-0.05, 0) is 5.92 Å². The van der Waals surface area contributed by atoms with Gasteiger partial charge in [-0.25, -0.2) is 13.6 Å². The molecule has 100 valence electrons. The second-order valence-corrected chi connectivity index (χ2v) is 5.08. The number of aromatic nitrogens is 3. The third-order valence-corrected chi connectivity index (χ3v) is 3.24. The highest BCUT2D eigenvalue weighted by Crippen LogP contribution is 2.48. The Morgan fingerprint density at radius 3 is 2.61 bits per heavy atom. The van der Waals surface area contributed by atoms with E-state index in [0.717, 1.165) is 0 Å². The normalized spacial score (nSPS) is 20.7. The predicted molar refractivity (Wildman–Crippen MR) is 58.5 cm³/mol. The van der Waals surface area contributed by atoms with Crippen LogP contribution in [0.25, 0.3) is 0 Å². The van der Waals surface area contributed by atoms with Gasteiger partial charge in [0.15, 0.2) is 0 Å². The Morgan fingerprint density at radius 2 is 2.17 bits per heavy atom. The smallest absolute Gasteiger partial charge is 0.327 e. The summed E-state index contributed by atoms with van der Waals surface area (Å²) in [5, 5.41) is 16.7. The number of halogens is 2. The van der Waals surface area contributed by atoms with E-state index in [9.17, 15) is 18.7 Å². The number of nitrogens with zero attached hydrogens (tertiary/aromatic N) is 3. The molecule has 0 spiro atoms. The molecule has 1 fully saturated rings. The zero-order chi connectivity index (χ0) is 13.5. The van der Waals surface area contributed by atoms with Gasteiger partial charge in [0.25, 0.3) is 0 Å². The predicted octanol–water partition coefficient (Wildman–Crippen LogP) is 2.07. The third-order valence-electron chi connectivity index (χ3n) is 3.24. The molecule has 1 aliphatic rings. The number of carboxylic acid groups (broad SMARTS) is 1. The van der Waals surface area contributed by atoms with Crippen LogP contribution in [0.4, 0.5) is 8.78 Å². The summed E-state index contributed by atoms with van der Waals surface area (Å²) >= 11 is 0. The van der Waals surface area contributed by atoms with Crippen LogP contribution in [0.5, 0.6) is 0 Å². The van der Waals surface area contributed by atoms with E-state index in [4.69, 9.17) is 0 Å². The molecule has 0 amide bonds. The van der Waals surface area contributed by atoms with Gasteiger partial charge in [-0.1, -0.05) is 13.8 Å². The van der Waals surface area contributed by atoms with Crippen molar-refractivity contribution in [2.45, 2.75) is 44.6 Å². The average molecular weight is 259 g/mol. The number of rotatable bonds is 4. The van der Waals surface area contributed by atoms with Crippen molar-refractivity contribution in [1.82, 2.24) is 14.8 Å². The number of aliphatic carboxylic acids is 1. The number of hydrogen-bond acceptors (Lipinski definition) is 3. The van der Waals surface area contributed by atoms with Crippen molar-refractivity contribution in [1.29, 1.82) is 0 Å². The van der Waals surface area contributed by atoms with Crippen molar-refractivity contribution >= 4 is 5.97 Å². The number of carbonyl (C=O) groups is 1. The first-order chi connectivity index (χ1) is 8.32. The quantitative estimate of drug-likeness (QED) is 0.898. The van der Waals surface area contributed by atoms with Gasteiger partial charge in [0.1, 0.15) is 18.2 Å². The van der Waals surface area contributed by atoms with Gasteiger partial charge in [-0.15, -0.1) is 10.2 Å². The van der Waals surface area contributed by atoms with Gasteiger partial charge in [-0.2, -0.15) is 0 Å². The molecule has 7 heteroatoms. The lowest BCUT2D eigenvalue weighted by Gasteiger charge is -2.35. The van der Waals surface area contributed by atoms with Crippen molar-refractivity contribution in [2.24, 2.45) is 5.92 Å². The molecule has 1 aromatic rings. The van der Waals surface area contributed by atoms with Gasteiger partial charge in [-0.3, -0.25) is 0 Å². The van der Waals surface area contributed by atoms with Crippen LogP contribution in [-0.2, 0) is 4.79 Å². The van der Waals surface area contributed by atoms with Crippen LogP contribution in [0, 0.1) is 5.92 Å². The molecule has 1 unspecified atom stereocenters. The van der Waals surface area contributed by atoms with Crippen molar-refractivity contribution in [2.75, 3.05) is 0 Å². The molecule has 2 rings (SSSR count). The average Bonchev–Trinajstić information content (AvgIpc) is 2.61. The van der Waals surface area contributed by atoms with Crippen LogP contribution < -0.4 is 0 Å². The fraction of sp³-hybridized carbons (Fsp3) is 0.727. The van der Waals surface area contributed by atoms with Crippen LogP contribution in [-0.4, -0.2) is 31.8 Å². The van der Waals surface area contributed by atoms with Gasteiger partial charge in [0.05, 0.1) is 0 Å². The lowest BCUT2D eigenvalue weighted by molar-refractivity contribution is -0.142. The molecule has 1 saturated carbocycles. The second-order valence-electron chi connectivity index (χ2n) is 5.08. The van der Waals surface area contributed by atoms with Crippen molar-refractivity contribution < 1.29 is 18.7 Å². The molecule has 0 aliphatic heterocycles. The van der Waals surface area contributed by atoms with E-state index >= 15 is 0 Å². The lowest BCUT2D eigenvalue weighted by atomic mass is 9.80. The Bertz CT molecular complexity index is 451. The number of carboxylic acids is 1. The molecule has 0 saturated heterocycles. The highest BCUT2D eigenvalue weighted by Gasteiger charge is 2.48. The third kappa shape index (κ3) is 2.21. The molecule has 1 N–H and O–H groups in total. The Labute approximate surface area is 103 Å². The summed E-state index contributed by atoms with van der Waals surface area (Å²) in [6.07, 6.45) is 0.747. The van der Waals surface area contributed by atoms with E-state index in [1.165, 1.54) is 10.9 Å². The molecular weight excluding hydrogens is 244 g/mol. The fourth-order valence-electron chi connectivity index (χ4n) is 2.33. The first-order valence-electron chi connectivity index (χ1n) is 5.82. The maximum Gasteiger partial charge on any atom is 0.327 e. The molecular formula is C11H15F2N3O2. The molecule has 0 radical (unpaired) electrons. The van der Waals surface area contributed by atoms with E-state index in [-0.39, 0.29) is 18.8 Å². The van der Waals surface area contributed by atoms with Crippen molar-refractivity contribution in [3.8, 4) is 0 Å². The summed E-state index contributed by atoms with van der Waals surface area (Å²) in [4.78, 5) is 11.2. The topological polar surface area (TPSA) is 68.0 Å². The lowest BCUT2D eigenvalue weighted by Crippen LogP contribution is -2.36. The summed E-state index contributed by atoms with van der Waals surface area (Å²) in [6, 6.07) is -0.816. The fourth-order valence-corrected chi connectivity index (χ4v) is 2.33. The summed E-state index contributed by atoms with van der Waals surface area (Å²) in [7, 11) is 0. The van der Waals surface area contributed by atoms with E-state index < -0.39 is 23.9 Å². The van der Waals surface area contributed by atoms with Gasteiger partial charge in [0, 0.05) is 18.8 Å². The molecule has 0 aromatic carbocycles. The molecule has 1 aliphatic carbocycles. The standard InChI is InChI=1S/C11H15F2N3O2/c1-6(2)8(10(17)18)16-5-14-15-9(16)7-3-11(12,13)4-7/h5-8H,3-4H2,1-2H3,(H,17,18). The van der Waals surface area contributed by atoms with Crippen LogP contribution in [0.2, 0.25) is 0 Å². The summed E-state index contributed by atoms with van der Waals surface area (Å²) in [6.45, 7) is 3.52. The van der Waals surface area contributed by atoms with E-state index in [1.807, 2.05) is 0 Å². The Hall–Kier alpha value is -1.53. The molecule has 1 atom stereocenters. The minimum Gasteiger partial charge on any atom is -0.480 e. The van der Waals surface area contributed by atoms with Crippen LogP contribution >= 0.6 is 0 Å². The van der Waals surface area contributed by atoms with Crippen molar-refractivity contribution in [3.63, 3.8) is 0 Å². The minimum absolute atomic E-state index is 0.169. The Balaban J connectivity index is 2.25. The van der Waals surface area contributed by atoms with Crippen LogP contribution in [0.1, 0.15) is 44.5 Å². The first kappa shape index (κ1) is 12.9. The Kier molecular flexibility index (Phi) is 3.08.